The van der Waals surface area contributed by atoms with Crippen LogP contribution in [0.3, 0.4) is 0 Å². The third-order valence-electron chi connectivity index (χ3n) is 1.02. The number of nitrogens with zero attached hydrogens (tertiary/aromatic N) is 1. The largest absolute Gasteiger partial charge is 0.386 e. The highest BCUT2D eigenvalue weighted by Crippen LogP contribution is 1.85. The Labute approximate surface area is 60.3 Å². The zero-order valence-electron chi connectivity index (χ0n) is 6.24. The summed E-state index contributed by atoms with van der Waals surface area (Å²) < 4.78 is 0. The molecule has 0 heterocycles. The Morgan fingerprint density at radius 2 is 2.10 bits per heavy atom. The van der Waals surface area contributed by atoms with Crippen molar-refractivity contribution in [3.8, 4) is 0 Å². The molecule has 58 valence electrons. The van der Waals surface area contributed by atoms with Crippen molar-refractivity contribution in [2.75, 3.05) is 0 Å². The van der Waals surface area contributed by atoms with Gasteiger partial charge in [0.25, 0.3) is 0 Å². The lowest BCUT2D eigenvalue weighted by Gasteiger charge is -2.04. The van der Waals surface area contributed by atoms with Crippen molar-refractivity contribution in [2.24, 2.45) is 16.5 Å². The Morgan fingerprint density at radius 1 is 1.60 bits per heavy atom. The second-order valence-corrected chi connectivity index (χ2v) is 2.22. The van der Waals surface area contributed by atoms with Gasteiger partial charge in [0.2, 0.25) is 0 Å². The Hall–Kier alpha value is -0.900. The quantitative estimate of drug-likeness (QED) is 0.311. The van der Waals surface area contributed by atoms with E-state index >= 15 is 0 Å². The summed E-state index contributed by atoms with van der Waals surface area (Å²) in [7, 11) is 0. The molecule has 0 spiro atoms. The number of carbonyl (C=O) groups excluding carboxylic acids is 1. The molecule has 4 heteroatoms. The molecular weight excluding hydrogens is 130 g/mol. The van der Waals surface area contributed by atoms with Crippen molar-refractivity contribution in [1.29, 1.82) is 0 Å². The first-order valence-electron chi connectivity index (χ1n) is 3.12. The minimum atomic E-state index is -0.383. The molecule has 0 aliphatic rings. The molecule has 0 aromatic carbocycles. The van der Waals surface area contributed by atoms with Crippen LogP contribution in [0, 0.1) is 0 Å². The van der Waals surface area contributed by atoms with Gasteiger partial charge < -0.3 is 16.3 Å². The standard InChI is InChI=1S/C6H13N3O/c1-4(3-10)9-6(8)5(2)7/h3-5H,7H2,1-2H3,(H2,8,9). The lowest BCUT2D eigenvalue weighted by Crippen LogP contribution is -2.34. The molecule has 0 fully saturated rings. The van der Waals surface area contributed by atoms with Crippen LogP contribution in [-0.2, 0) is 4.79 Å². The van der Waals surface area contributed by atoms with Crippen LogP contribution in [0.5, 0.6) is 0 Å². The van der Waals surface area contributed by atoms with Gasteiger partial charge in [-0.05, 0) is 13.8 Å². The van der Waals surface area contributed by atoms with E-state index in [1.807, 2.05) is 0 Å². The molecule has 0 aliphatic heterocycles. The van der Waals surface area contributed by atoms with E-state index in [1.54, 1.807) is 13.8 Å². The van der Waals surface area contributed by atoms with Gasteiger partial charge in [-0.3, -0.25) is 4.99 Å². The van der Waals surface area contributed by atoms with Crippen molar-refractivity contribution in [2.45, 2.75) is 25.9 Å². The molecule has 0 aromatic rings. The second kappa shape index (κ2) is 4.00. The third kappa shape index (κ3) is 3.19. The molecular formula is C6H13N3O. The number of hydrogen-bond acceptors (Lipinski definition) is 3. The number of carbonyl (C=O) groups is 1. The predicted molar refractivity (Wildman–Crippen MR) is 40.8 cm³/mol. The fraction of sp³-hybridized carbons (Fsp3) is 0.667. The smallest absolute Gasteiger partial charge is 0.144 e. The van der Waals surface area contributed by atoms with Gasteiger partial charge in [0.15, 0.2) is 0 Å². The predicted octanol–water partition coefficient (Wildman–Crippen LogP) is -0.722. The van der Waals surface area contributed by atoms with Gasteiger partial charge >= 0.3 is 0 Å². The van der Waals surface area contributed by atoms with E-state index in [0.717, 1.165) is 6.29 Å². The number of aldehydes is 1. The molecule has 0 saturated heterocycles. The first kappa shape index (κ1) is 9.10. The summed E-state index contributed by atoms with van der Waals surface area (Å²) in [6, 6.07) is -0.659. The van der Waals surface area contributed by atoms with Crippen LogP contribution < -0.4 is 11.5 Å². The average Bonchev–Trinajstić information content (AvgIpc) is 1.87. The molecule has 4 N–H and O–H groups in total. The normalized spacial score (nSPS) is 18.1. The maximum atomic E-state index is 10.1. The van der Waals surface area contributed by atoms with Crippen molar-refractivity contribution in [3.05, 3.63) is 0 Å². The highest BCUT2D eigenvalue weighted by molar-refractivity contribution is 5.86. The summed E-state index contributed by atoms with van der Waals surface area (Å²) in [6.07, 6.45) is 0.717. The first-order chi connectivity index (χ1) is 4.57. The van der Waals surface area contributed by atoms with Crippen LogP contribution >= 0.6 is 0 Å². The van der Waals surface area contributed by atoms with Crippen LogP contribution in [0.15, 0.2) is 4.99 Å². The van der Waals surface area contributed by atoms with E-state index in [9.17, 15) is 4.79 Å². The van der Waals surface area contributed by atoms with Crippen LogP contribution in [0.1, 0.15) is 13.8 Å². The molecule has 0 aliphatic carbocycles. The zero-order valence-corrected chi connectivity index (χ0v) is 6.24. The second-order valence-electron chi connectivity index (χ2n) is 2.22. The molecule has 0 saturated carbocycles. The van der Waals surface area contributed by atoms with E-state index in [0.29, 0.717) is 5.84 Å². The molecule has 4 nitrogen and oxygen atoms in total. The first-order valence-corrected chi connectivity index (χ1v) is 3.12. The molecule has 0 radical (unpaired) electrons. The van der Waals surface area contributed by atoms with Gasteiger partial charge in [-0.25, -0.2) is 0 Å². The minimum Gasteiger partial charge on any atom is -0.386 e. The lowest BCUT2D eigenvalue weighted by atomic mass is 10.3. The summed E-state index contributed by atoms with van der Waals surface area (Å²) in [6.45, 7) is 3.37. The van der Waals surface area contributed by atoms with Crippen molar-refractivity contribution in [1.82, 2.24) is 0 Å². The highest BCUT2D eigenvalue weighted by Gasteiger charge is 2.01. The number of nitrogens with two attached hydrogens (primary N) is 2. The molecule has 2 atom stereocenters. The molecule has 2 unspecified atom stereocenters. The van der Waals surface area contributed by atoms with Crippen LogP contribution in [-0.4, -0.2) is 24.2 Å². The molecule has 0 amide bonds. The topological polar surface area (TPSA) is 81.5 Å². The van der Waals surface area contributed by atoms with E-state index in [4.69, 9.17) is 11.5 Å². The van der Waals surface area contributed by atoms with Gasteiger partial charge in [0.05, 0.1) is 6.04 Å². The summed E-state index contributed by atoms with van der Waals surface area (Å²) in [5, 5.41) is 0. The fourth-order valence-electron chi connectivity index (χ4n) is 0.383. The van der Waals surface area contributed by atoms with Crippen LogP contribution in [0.25, 0.3) is 0 Å². The number of hydrogen-bond donors (Lipinski definition) is 2. The van der Waals surface area contributed by atoms with Crippen LogP contribution in [0.2, 0.25) is 0 Å². The van der Waals surface area contributed by atoms with Gasteiger partial charge in [0, 0.05) is 0 Å². The molecule has 0 aromatic heterocycles. The average molecular weight is 143 g/mol. The van der Waals surface area contributed by atoms with E-state index in [-0.39, 0.29) is 12.1 Å². The highest BCUT2D eigenvalue weighted by atomic mass is 16.1. The van der Waals surface area contributed by atoms with Gasteiger partial charge in [0.1, 0.15) is 18.2 Å². The van der Waals surface area contributed by atoms with Gasteiger partial charge in [-0.15, -0.1) is 0 Å². The van der Waals surface area contributed by atoms with Crippen LogP contribution in [0.4, 0.5) is 0 Å². The SMILES string of the molecule is CC(C=O)N=C(N)C(C)N. The zero-order chi connectivity index (χ0) is 8.15. The van der Waals surface area contributed by atoms with Crippen molar-refractivity contribution in [3.63, 3.8) is 0 Å². The minimum absolute atomic E-state index is 0.276. The monoisotopic (exact) mass is 143 g/mol. The fourth-order valence-corrected chi connectivity index (χ4v) is 0.383. The maximum Gasteiger partial charge on any atom is 0.144 e. The maximum absolute atomic E-state index is 10.1. The lowest BCUT2D eigenvalue weighted by molar-refractivity contribution is -0.108. The summed E-state index contributed by atoms with van der Waals surface area (Å²) in [5.41, 5.74) is 10.7. The number of rotatable bonds is 3. The van der Waals surface area contributed by atoms with Crippen molar-refractivity contribution >= 4 is 12.1 Å². The Kier molecular flexibility index (Phi) is 3.64. The summed E-state index contributed by atoms with van der Waals surface area (Å²) in [5.74, 6) is 0.319. The van der Waals surface area contributed by atoms with Crippen molar-refractivity contribution < 1.29 is 4.79 Å². The third-order valence-corrected chi connectivity index (χ3v) is 1.02. The summed E-state index contributed by atoms with van der Waals surface area (Å²) >= 11 is 0. The summed E-state index contributed by atoms with van der Waals surface area (Å²) in [4.78, 5) is 13.9. The number of amidine groups is 1. The molecule has 0 rings (SSSR count). The van der Waals surface area contributed by atoms with E-state index < -0.39 is 0 Å². The molecule has 10 heavy (non-hydrogen) atoms. The Balaban J connectivity index is 4.01. The Morgan fingerprint density at radius 3 is 2.40 bits per heavy atom. The van der Waals surface area contributed by atoms with Gasteiger partial charge in [-0.2, -0.15) is 0 Å². The van der Waals surface area contributed by atoms with E-state index in [1.165, 1.54) is 0 Å². The Bertz CT molecular complexity index is 142. The van der Waals surface area contributed by atoms with E-state index in [2.05, 4.69) is 4.99 Å². The van der Waals surface area contributed by atoms with Gasteiger partial charge in [-0.1, -0.05) is 0 Å². The number of aliphatic imine (C=N–C) groups is 1. The molecule has 0 bridgehead atoms.